The van der Waals surface area contributed by atoms with Crippen LogP contribution in [0.15, 0.2) is 36.4 Å². The molecule has 1 saturated heterocycles. The number of imide groups is 1. The van der Waals surface area contributed by atoms with Gasteiger partial charge in [-0.1, -0.05) is 44.0 Å². The molecule has 32 heavy (non-hydrogen) atoms. The average molecular weight is 473 g/mol. The second-order valence-corrected chi connectivity index (χ2v) is 10.9. The summed E-state index contributed by atoms with van der Waals surface area (Å²) in [6.45, 7) is 6.22. The van der Waals surface area contributed by atoms with Crippen molar-refractivity contribution in [3.05, 3.63) is 46.4 Å². The van der Waals surface area contributed by atoms with Gasteiger partial charge in [0.2, 0.25) is 11.8 Å². The van der Waals surface area contributed by atoms with Crippen molar-refractivity contribution in [1.29, 1.82) is 0 Å². The zero-order chi connectivity index (χ0) is 23.0. The van der Waals surface area contributed by atoms with Crippen LogP contribution in [-0.2, 0) is 16.1 Å². The van der Waals surface area contributed by atoms with E-state index in [2.05, 4.69) is 0 Å². The summed E-state index contributed by atoms with van der Waals surface area (Å²) in [4.78, 5) is 27.8. The van der Waals surface area contributed by atoms with E-state index < -0.39 is 11.5 Å². The van der Waals surface area contributed by atoms with Crippen LogP contribution in [0.4, 0.5) is 0 Å². The molecule has 2 aliphatic rings. The standard InChI is InChI=1S/C25H26Cl2N2O3/c1-24(2)19-8-9-25(24,3)23(32)29(22(19)31)13-16(30)12-28-20-6-4-14(26)10-17(20)18-11-15(27)5-7-21(18)28/h4-7,10-11,16,19,30H,8-9,12-13H2,1-3H3/t16-,19+,25-/m0/s1. The van der Waals surface area contributed by atoms with E-state index in [0.717, 1.165) is 28.2 Å². The van der Waals surface area contributed by atoms with E-state index in [-0.39, 0.29) is 36.2 Å². The van der Waals surface area contributed by atoms with Crippen molar-refractivity contribution in [1.82, 2.24) is 9.47 Å². The number of β-amino-alcohol motifs (C(OH)–C–C–N with tert-alkyl or cyclic N) is 1. The first-order valence-electron chi connectivity index (χ1n) is 11.0. The number of benzene rings is 2. The van der Waals surface area contributed by atoms with Crippen molar-refractivity contribution in [3.8, 4) is 0 Å². The smallest absolute Gasteiger partial charge is 0.235 e. The van der Waals surface area contributed by atoms with Gasteiger partial charge in [0.05, 0.1) is 24.6 Å². The first-order valence-corrected chi connectivity index (χ1v) is 11.7. The highest BCUT2D eigenvalue weighted by atomic mass is 35.5. The third-order valence-corrected chi connectivity index (χ3v) is 8.55. The maximum Gasteiger partial charge on any atom is 0.235 e. The molecule has 168 valence electrons. The largest absolute Gasteiger partial charge is 0.389 e. The molecule has 0 spiro atoms. The molecule has 1 aliphatic carbocycles. The summed E-state index contributed by atoms with van der Waals surface area (Å²) in [7, 11) is 0. The van der Waals surface area contributed by atoms with Crippen molar-refractivity contribution >= 4 is 56.8 Å². The molecule has 2 aromatic carbocycles. The Morgan fingerprint density at radius 3 is 2.12 bits per heavy atom. The van der Waals surface area contributed by atoms with Crippen LogP contribution in [-0.4, -0.2) is 39.0 Å². The van der Waals surface area contributed by atoms with E-state index >= 15 is 0 Å². The molecule has 3 aromatic rings. The summed E-state index contributed by atoms with van der Waals surface area (Å²) in [5.41, 5.74) is 0.880. The Morgan fingerprint density at radius 1 is 1.00 bits per heavy atom. The highest BCUT2D eigenvalue weighted by Gasteiger charge is 2.64. The molecule has 5 nitrogen and oxygen atoms in total. The van der Waals surface area contributed by atoms with Gasteiger partial charge < -0.3 is 9.67 Å². The number of piperidine rings is 1. The molecule has 0 radical (unpaired) electrons. The van der Waals surface area contributed by atoms with E-state index in [1.165, 1.54) is 4.90 Å². The zero-order valence-corrected chi connectivity index (χ0v) is 19.9. The topological polar surface area (TPSA) is 62.5 Å². The van der Waals surface area contributed by atoms with Gasteiger partial charge in [-0.25, -0.2) is 0 Å². The number of fused-ring (bicyclic) bond motifs is 5. The van der Waals surface area contributed by atoms with Gasteiger partial charge in [0.1, 0.15) is 0 Å². The number of aliphatic hydroxyl groups excluding tert-OH is 1. The Hall–Kier alpha value is -2.08. The summed E-state index contributed by atoms with van der Waals surface area (Å²) in [6.07, 6.45) is 0.517. The number of rotatable bonds is 4. The summed E-state index contributed by atoms with van der Waals surface area (Å²) in [5, 5.41) is 14.1. The van der Waals surface area contributed by atoms with Gasteiger partial charge in [0.25, 0.3) is 0 Å². The maximum atomic E-state index is 13.3. The van der Waals surface area contributed by atoms with Gasteiger partial charge in [0.15, 0.2) is 0 Å². The summed E-state index contributed by atoms with van der Waals surface area (Å²) < 4.78 is 2.00. The quantitative estimate of drug-likeness (QED) is 0.525. The summed E-state index contributed by atoms with van der Waals surface area (Å²) >= 11 is 12.5. The van der Waals surface area contributed by atoms with E-state index in [0.29, 0.717) is 16.5 Å². The van der Waals surface area contributed by atoms with Crippen LogP contribution in [0, 0.1) is 16.7 Å². The Bertz CT molecular complexity index is 1220. The lowest BCUT2D eigenvalue weighted by molar-refractivity contribution is -0.169. The van der Waals surface area contributed by atoms with Gasteiger partial charge in [0, 0.05) is 37.8 Å². The number of halogens is 2. The lowest BCUT2D eigenvalue weighted by atomic mass is 9.62. The van der Waals surface area contributed by atoms with Gasteiger partial charge in [-0.2, -0.15) is 0 Å². The first-order chi connectivity index (χ1) is 15.0. The fourth-order valence-corrected chi connectivity index (χ4v) is 6.14. The minimum Gasteiger partial charge on any atom is -0.389 e. The predicted molar refractivity (Wildman–Crippen MR) is 127 cm³/mol. The number of nitrogens with zero attached hydrogens (tertiary/aromatic N) is 2. The fourth-order valence-electron chi connectivity index (χ4n) is 5.80. The van der Waals surface area contributed by atoms with E-state index in [1.807, 2.05) is 61.7 Å². The van der Waals surface area contributed by atoms with Crippen molar-refractivity contribution < 1.29 is 14.7 Å². The Morgan fingerprint density at radius 2 is 1.56 bits per heavy atom. The number of carbonyl (C=O) groups is 2. The second-order valence-electron chi connectivity index (χ2n) is 9.99. The lowest BCUT2D eigenvalue weighted by Gasteiger charge is -2.48. The van der Waals surface area contributed by atoms with E-state index in [4.69, 9.17) is 23.2 Å². The van der Waals surface area contributed by atoms with Crippen molar-refractivity contribution in [2.75, 3.05) is 6.54 Å². The normalized spacial score (nSPS) is 25.8. The van der Waals surface area contributed by atoms with Crippen molar-refractivity contribution in [2.24, 2.45) is 16.7 Å². The SMILES string of the molecule is CC1(C)[C@@H]2CC[C@@]1(C)C(=O)N(C[C@@H](O)Cn1c3ccc(Cl)cc3c3cc(Cl)ccc31)C2=O. The second kappa shape index (κ2) is 7.21. The summed E-state index contributed by atoms with van der Waals surface area (Å²) in [6, 6.07) is 11.2. The van der Waals surface area contributed by atoms with Crippen LogP contribution in [0.2, 0.25) is 10.0 Å². The Labute approximate surface area is 196 Å². The molecule has 1 saturated carbocycles. The number of aliphatic hydroxyl groups is 1. The molecule has 2 amide bonds. The molecular weight excluding hydrogens is 447 g/mol. The number of likely N-dealkylation sites (tertiary alicyclic amines) is 1. The number of carbonyl (C=O) groups excluding carboxylic acids is 2. The molecule has 2 fully saturated rings. The molecule has 3 atom stereocenters. The molecule has 5 rings (SSSR count). The van der Waals surface area contributed by atoms with Crippen LogP contribution in [0.5, 0.6) is 0 Å². The number of hydrogen-bond acceptors (Lipinski definition) is 3. The molecule has 0 unspecified atom stereocenters. The number of amides is 2. The molecule has 1 aliphatic heterocycles. The van der Waals surface area contributed by atoms with E-state index in [9.17, 15) is 14.7 Å². The van der Waals surface area contributed by atoms with Gasteiger partial charge in [-0.3, -0.25) is 14.5 Å². The lowest BCUT2D eigenvalue weighted by Crippen LogP contribution is -2.60. The number of hydrogen-bond donors (Lipinski definition) is 1. The molecule has 2 heterocycles. The molecule has 1 N–H and O–H groups in total. The highest BCUT2D eigenvalue weighted by Crippen LogP contribution is 2.60. The fraction of sp³-hybridized carbons (Fsp3) is 0.440. The minimum absolute atomic E-state index is 0.0117. The van der Waals surface area contributed by atoms with Crippen LogP contribution >= 0.6 is 23.2 Å². The van der Waals surface area contributed by atoms with E-state index in [1.54, 1.807) is 0 Å². The molecule has 1 aromatic heterocycles. The summed E-state index contributed by atoms with van der Waals surface area (Å²) in [5.74, 6) is -0.509. The predicted octanol–water partition coefficient (Wildman–Crippen LogP) is 5.27. The highest BCUT2D eigenvalue weighted by molar-refractivity contribution is 6.33. The van der Waals surface area contributed by atoms with Crippen LogP contribution in [0.25, 0.3) is 21.8 Å². The molecule has 7 heteroatoms. The van der Waals surface area contributed by atoms with Crippen LogP contribution in [0.1, 0.15) is 33.6 Å². The van der Waals surface area contributed by atoms with Crippen LogP contribution in [0.3, 0.4) is 0 Å². The molecular formula is C25H26Cl2N2O3. The third kappa shape index (κ3) is 2.94. The monoisotopic (exact) mass is 472 g/mol. The van der Waals surface area contributed by atoms with Crippen LogP contribution < -0.4 is 0 Å². The minimum atomic E-state index is -0.905. The maximum absolute atomic E-state index is 13.3. The Kier molecular flexibility index (Phi) is 4.90. The zero-order valence-electron chi connectivity index (χ0n) is 18.4. The van der Waals surface area contributed by atoms with Gasteiger partial charge in [-0.05, 0) is 54.7 Å². The Balaban J connectivity index is 1.48. The molecule has 2 bridgehead atoms. The van der Waals surface area contributed by atoms with Crippen molar-refractivity contribution in [3.63, 3.8) is 0 Å². The van der Waals surface area contributed by atoms with Gasteiger partial charge in [-0.15, -0.1) is 0 Å². The first kappa shape index (κ1) is 21.7. The number of aromatic nitrogens is 1. The van der Waals surface area contributed by atoms with Crippen molar-refractivity contribution in [2.45, 2.75) is 46.3 Å². The van der Waals surface area contributed by atoms with Gasteiger partial charge >= 0.3 is 0 Å². The average Bonchev–Trinajstić information content (AvgIpc) is 3.12. The third-order valence-electron chi connectivity index (χ3n) is 8.08.